The van der Waals surface area contributed by atoms with Gasteiger partial charge >= 0.3 is 0 Å². The van der Waals surface area contributed by atoms with Gasteiger partial charge < -0.3 is 9.32 Å². The highest BCUT2D eigenvalue weighted by molar-refractivity contribution is 7.25. The fourth-order valence-electron chi connectivity index (χ4n) is 7.09. The molecule has 0 spiro atoms. The fraction of sp³-hybridized carbons (Fsp3) is 0. The monoisotopic (exact) mass is 644 g/mol. The lowest BCUT2D eigenvalue weighted by atomic mass is 9.99. The highest BCUT2D eigenvalue weighted by atomic mass is 32.1. The number of rotatable bonds is 5. The van der Waals surface area contributed by atoms with Crippen LogP contribution in [0.3, 0.4) is 0 Å². The first-order valence-corrected chi connectivity index (χ1v) is 17.3. The summed E-state index contributed by atoms with van der Waals surface area (Å²) >= 11 is 1.84. The van der Waals surface area contributed by atoms with Crippen molar-refractivity contribution in [1.29, 1.82) is 0 Å². The molecule has 0 saturated heterocycles. The molecule has 0 bridgehead atoms. The second-order valence-electron chi connectivity index (χ2n) is 12.4. The van der Waals surface area contributed by atoms with Crippen LogP contribution in [0, 0.1) is 0 Å². The average molecular weight is 645 g/mol. The Morgan fingerprint density at radius 2 is 1.04 bits per heavy atom. The Labute approximate surface area is 286 Å². The summed E-state index contributed by atoms with van der Waals surface area (Å²) in [6, 6.07) is 60.4. The van der Waals surface area contributed by atoms with E-state index in [1.807, 2.05) is 41.7 Å². The third-order valence-electron chi connectivity index (χ3n) is 9.47. The predicted molar refractivity (Wildman–Crippen MR) is 207 cm³/mol. The number of hydrogen-bond acceptors (Lipinski definition) is 4. The molecule has 2 heterocycles. The van der Waals surface area contributed by atoms with Crippen molar-refractivity contribution in [3.05, 3.63) is 170 Å². The molecular weight excluding hydrogens is 617 g/mol. The first-order chi connectivity index (χ1) is 24.3. The summed E-state index contributed by atoms with van der Waals surface area (Å²) < 4.78 is 9.15. The summed E-state index contributed by atoms with van der Waals surface area (Å²) in [5, 5.41) is 7.04. The summed E-state index contributed by atoms with van der Waals surface area (Å²) in [6.07, 6.45) is 0. The number of thiophene rings is 1. The van der Waals surface area contributed by atoms with Gasteiger partial charge in [-0.25, -0.2) is 4.98 Å². The summed E-state index contributed by atoms with van der Waals surface area (Å²) in [5.41, 5.74) is 8.30. The van der Waals surface area contributed by atoms with Crippen LogP contribution in [0.5, 0.6) is 0 Å². The maximum Gasteiger partial charge on any atom is 0.227 e. The SMILES string of the molecule is c1ccc(-c2ccc(N(c3ccc4sc5ccccc5c4c3)c3ccc4ccc5ccc6nc(-c7ccccc7)oc6c5c4c3)cc2)cc1. The van der Waals surface area contributed by atoms with E-state index in [0.717, 1.165) is 55.3 Å². The number of fused-ring (bicyclic) bond motifs is 8. The maximum atomic E-state index is 6.56. The Hall–Kier alpha value is -6.23. The van der Waals surface area contributed by atoms with Gasteiger partial charge in [-0.2, -0.15) is 0 Å². The van der Waals surface area contributed by atoms with Crippen molar-refractivity contribution in [2.45, 2.75) is 0 Å². The normalized spacial score (nSPS) is 11.7. The van der Waals surface area contributed by atoms with E-state index >= 15 is 0 Å². The van der Waals surface area contributed by atoms with E-state index in [9.17, 15) is 0 Å². The number of benzene rings is 8. The number of nitrogens with zero attached hydrogens (tertiary/aromatic N) is 2. The van der Waals surface area contributed by atoms with Crippen LogP contribution in [0.1, 0.15) is 0 Å². The Balaban J connectivity index is 1.19. The van der Waals surface area contributed by atoms with E-state index < -0.39 is 0 Å². The van der Waals surface area contributed by atoms with Crippen molar-refractivity contribution < 1.29 is 4.42 Å². The van der Waals surface area contributed by atoms with Gasteiger partial charge in [-0.1, -0.05) is 103 Å². The van der Waals surface area contributed by atoms with Gasteiger partial charge in [0.15, 0.2) is 5.58 Å². The van der Waals surface area contributed by atoms with Gasteiger partial charge in [-0.05, 0) is 94.0 Å². The van der Waals surface area contributed by atoms with Crippen LogP contribution in [-0.4, -0.2) is 4.98 Å². The van der Waals surface area contributed by atoms with E-state index in [0.29, 0.717) is 5.89 Å². The Morgan fingerprint density at radius 3 is 1.86 bits per heavy atom. The molecular formula is C45H28N2OS. The molecule has 2 aromatic heterocycles. The minimum Gasteiger partial charge on any atom is -0.435 e. The standard InChI is InChI=1S/C45H28N2OS/c1-3-9-29(10-4-1)30-17-21-34(22-18-30)47(36-24-26-42-39(28-36)37-13-7-8-14-41(37)49-42)35-23-19-31-15-16-32-20-25-40-44(43(32)38(31)27-35)48-45(46-40)33-11-5-2-6-12-33/h1-28H. The summed E-state index contributed by atoms with van der Waals surface area (Å²) in [7, 11) is 0. The quantitative estimate of drug-likeness (QED) is 0.175. The zero-order valence-electron chi connectivity index (χ0n) is 26.4. The van der Waals surface area contributed by atoms with E-state index in [1.165, 1.54) is 31.3 Å². The van der Waals surface area contributed by atoms with Crippen molar-refractivity contribution >= 4 is 81.2 Å². The first kappa shape index (κ1) is 27.8. The minimum atomic E-state index is 0.632. The van der Waals surface area contributed by atoms with E-state index in [4.69, 9.17) is 9.40 Å². The van der Waals surface area contributed by atoms with Crippen molar-refractivity contribution in [1.82, 2.24) is 4.98 Å². The molecule has 0 aliphatic rings. The van der Waals surface area contributed by atoms with Crippen LogP contribution in [0.4, 0.5) is 17.1 Å². The molecule has 10 rings (SSSR count). The van der Waals surface area contributed by atoms with Gasteiger partial charge in [0.25, 0.3) is 0 Å². The Kier molecular flexibility index (Phi) is 6.36. The predicted octanol–water partition coefficient (Wildman–Crippen LogP) is 13.3. The van der Waals surface area contributed by atoms with Crippen LogP contribution in [-0.2, 0) is 0 Å². The van der Waals surface area contributed by atoms with Gasteiger partial charge in [-0.3, -0.25) is 0 Å². The number of aromatic nitrogens is 1. The number of oxazole rings is 1. The van der Waals surface area contributed by atoms with E-state index in [1.54, 1.807) is 0 Å². The molecule has 49 heavy (non-hydrogen) atoms. The zero-order valence-corrected chi connectivity index (χ0v) is 27.2. The summed E-state index contributed by atoms with van der Waals surface area (Å²) in [6.45, 7) is 0. The number of hydrogen-bond donors (Lipinski definition) is 0. The minimum absolute atomic E-state index is 0.632. The van der Waals surface area contributed by atoms with Crippen molar-refractivity contribution in [2.24, 2.45) is 0 Å². The molecule has 8 aromatic carbocycles. The number of anilines is 3. The Morgan fingerprint density at radius 1 is 0.449 bits per heavy atom. The second-order valence-corrected chi connectivity index (χ2v) is 13.5. The second kappa shape index (κ2) is 11.2. The third-order valence-corrected chi connectivity index (χ3v) is 10.6. The van der Waals surface area contributed by atoms with Crippen molar-refractivity contribution in [3.8, 4) is 22.6 Å². The average Bonchev–Trinajstić information content (AvgIpc) is 3.78. The maximum absolute atomic E-state index is 6.56. The Bertz CT molecular complexity index is 2820. The van der Waals surface area contributed by atoms with E-state index in [-0.39, 0.29) is 0 Å². The molecule has 230 valence electrons. The van der Waals surface area contributed by atoms with Gasteiger partial charge in [0.05, 0.1) is 0 Å². The summed E-state index contributed by atoms with van der Waals surface area (Å²) in [5.74, 6) is 0.632. The van der Waals surface area contributed by atoms with Crippen LogP contribution < -0.4 is 4.90 Å². The molecule has 0 fully saturated rings. The smallest absolute Gasteiger partial charge is 0.227 e. The lowest BCUT2D eigenvalue weighted by Gasteiger charge is -2.26. The molecule has 0 atom stereocenters. The highest BCUT2D eigenvalue weighted by Crippen LogP contribution is 2.43. The molecule has 10 aromatic rings. The molecule has 3 nitrogen and oxygen atoms in total. The van der Waals surface area contributed by atoms with Crippen LogP contribution >= 0.6 is 11.3 Å². The van der Waals surface area contributed by atoms with Crippen molar-refractivity contribution in [2.75, 3.05) is 4.90 Å². The molecule has 0 amide bonds. The van der Waals surface area contributed by atoms with Gasteiger partial charge in [0.1, 0.15) is 5.52 Å². The first-order valence-electron chi connectivity index (χ1n) is 16.5. The van der Waals surface area contributed by atoms with Gasteiger partial charge in [0.2, 0.25) is 5.89 Å². The van der Waals surface area contributed by atoms with Crippen LogP contribution in [0.15, 0.2) is 174 Å². The molecule has 0 radical (unpaired) electrons. The topological polar surface area (TPSA) is 29.3 Å². The van der Waals surface area contributed by atoms with Crippen LogP contribution in [0.25, 0.3) is 75.4 Å². The van der Waals surface area contributed by atoms with Gasteiger partial charge in [-0.15, -0.1) is 11.3 Å². The van der Waals surface area contributed by atoms with Crippen molar-refractivity contribution in [3.63, 3.8) is 0 Å². The van der Waals surface area contributed by atoms with Gasteiger partial charge in [0, 0.05) is 48.2 Å². The van der Waals surface area contributed by atoms with E-state index in [2.05, 4.69) is 144 Å². The zero-order chi connectivity index (χ0) is 32.3. The lowest BCUT2D eigenvalue weighted by Crippen LogP contribution is -2.09. The molecule has 0 unspecified atom stereocenters. The molecule has 0 aliphatic carbocycles. The lowest BCUT2D eigenvalue weighted by molar-refractivity contribution is 0.623. The molecule has 0 aliphatic heterocycles. The largest absolute Gasteiger partial charge is 0.435 e. The molecule has 0 N–H and O–H groups in total. The highest BCUT2D eigenvalue weighted by Gasteiger charge is 2.18. The van der Waals surface area contributed by atoms with Crippen LogP contribution in [0.2, 0.25) is 0 Å². The fourth-order valence-corrected chi connectivity index (χ4v) is 8.17. The summed E-state index contributed by atoms with van der Waals surface area (Å²) in [4.78, 5) is 7.27. The molecule has 0 saturated carbocycles. The molecule has 4 heteroatoms. The third kappa shape index (κ3) is 4.68.